The number of rotatable bonds is 2. The molecule has 0 fully saturated rings. The van der Waals surface area contributed by atoms with Gasteiger partial charge in [-0.3, -0.25) is 4.79 Å². The van der Waals surface area contributed by atoms with E-state index in [9.17, 15) is 13.6 Å². The molecule has 0 aliphatic rings. The molecule has 0 aromatic carbocycles. The summed E-state index contributed by atoms with van der Waals surface area (Å²) in [5.74, 6) is 0. The van der Waals surface area contributed by atoms with Gasteiger partial charge in [0.15, 0.2) is 6.29 Å². The van der Waals surface area contributed by atoms with Gasteiger partial charge >= 0.3 is 0 Å². The minimum atomic E-state index is -2.75. The first-order chi connectivity index (χ1) is 6.06. The average molecular weight is 226 g/mol. The monoisotopic (exact) mass is 225 g/mol. The number of aromatic nitrogens is 1. The molecule has 2 nitrogen and oxygen atoms in total. The Morgan fingerprint density at radius 1 is 1.46 bits per heavy atom. The van der Waals surface area contributed by atoms with Crippen LogP contribution < -0.4 is 0 Å². The average Bonchev–Trinajstić information content (AvgIpc) is 2.03. The Balaban J connectivity index is 3.28. The molecule has 0 bridgehead atoms. The Morgan fingerprint density at radius 3 is 2.46 bits per heavy atom. The number of nitrogens with zero attached hydrogens (tertiary/aromatic N) is 1. The highest BCUT2D eigenvalue weighted by Crippen LogP contribution is 2.26. The second-order valence-electron chi connectivity index (χ2n) is 2.15. The van der Waals surface area contributed by atoms with Gasteiger partial charge in [-0.05, 0) is 6.07 Å². The molecule has 0 spiro atoms. The van der Waals surface area contributed by atoms with Crippen molar-refractivity contribution in [2.45, 2.75) is 6.43 Å². The topological polar surface area (TPSA) is 30.0 Å². The van der Waals surface area contributed by atoms with Crippen LogP contribution in [0, 0.1) is 0 Å². The van der Waals surface area contributed by atoms with Crippen LogP contribution in [-0.4, -0.2) is 11.3 Å². The van der Waals surface area contributed by atoms with Gasteiger partial charge in [-0.1, -0.05) is 23.2 Å². The fraction of sp³-hybridized carbons (Fsp3) is 0.143. The van der Waals surface area contributed by atoms with Crippen LogP contribution in [0.5, 0.6) is 0 Å². The molecule has 0 N–H and O–H groups in total. The van der Waals surface area contributed by atoms with Crippen LogP contribution in [-0.2, 0) is 0 Å². The van der Waals surface area contributed by atoms with E-state index in [1.54, 1.807) is 0 Å². The van der Waals surface area contributed by atoms with Crippen molar-refractivity contribution in [3.8, 4) is 0 Å². The molecule has 0 amide bonds. The van der Waals surface area contributed by atoms with Crippen molar-refractivity contribution in [3.05, 3.63) is 27.5 Å². The first-order valence-corrected chi connectivity index (χ1v) is 3.91. The third-order valence-electron chi connectivity index (χ3n) is 1.32. The van der Waals surface area contributed by atoms with Gasteiger partial charge in [0.2, 0.25) is 0 Å². The summed E-state index contributed by atoms with van der Waals surface area (Å²) in [6.07, 6.45) is -2.39. The summed E-state index contributed by atoms with van der Waals surface area (Å²) in [4.78, 5) is 13.6. The van der Waals surface area contributed by atoms with Crippen LogP contribution in [0.15, 0.2) is 6.07 Å². The Labute approximate surface area is 82.5 Å². The van der Waals surface area contributed by atoms with Gasteiger partial charge in [0, 0.05) is 0 Å². The maximum atomic E-state index is 12.1. The summed E-state index contributed by atoms with van der Waals surface area (Å²) < 4.78 is 24.2. The smallest absolute Gasteiger partial charge is 0.280 e. The zero-order chi connectivity index (χ0) is 10.0. The van der Waals surface area contributed by atoms with Gasteiger partial charge in [0.1, 0.15) is 10.8 Å². The number of hydrogen-bond donors (Lipinski definition) is 0. The summed E-state index contributed by atoms with van der Waals surface area (Å²) in [5.41, 5.74) is -0.617. The van der Waals surface area contributed by atoms with Gasteiger partial charge in [-0.2, -0.15) is 0 Å². The third kappa shape index (κ3) is 2.14. The molecule has 1 aromatic heterocycles. The first kappa shape index (κ1) is 10.3. The minimum absolute atomic E-state index is 0.0762. The molecule has 0 aliphatic heterocycles. The minimum Gasteiger partial charge on any atom is -0.298 e. The summed E-state index contributed by atoms with van der Waals surface area (Å²) >= 11 is 10.9. The SMILES string of the molecule is O=Cc1c(Cl)cc(C(F)F)nc1Cl. The Morgan fingerprint density at radius 2 is 2.08 bits per heavy atom. The van der Waals surface area contributed by atoms with Crippen molar-refractivity contribution in [2.75, 3.05) is 0 Å². The summed E-state index contributed by atoms with van der Waals surface area (Å²) in [5, 5.41) is -0.428. The number of carbonyl (C=O) groups excluding carboxylic acids is 1. The lowest BCUT2D eigenvalue weighted by atomic mass is 10.2. The number of aldehydes is 1. The summed E-state index contributed by atoms with van der Waals surface area (Å²) in [7, 11) is 0. The Bertz CT molecular complexity index is 320. The summed E-state index contributed by atoms with van der Waals surface area (Å²) in [6, 6.07) is 0.918. The molecule has 0 aliphatic carbocycles. The molecule has 70 valence electrons. The number of halogens is 4. The van der Waals surface area contributed by atoms with E-state index in [-0.39, 0.29) is 15.7 Å². The number of carbonyl (C=O) groups is 1. The molecule has 0 saturated heterocycles. The van der Waals surface area contributed by atoms with Gasteiger partial charge < -0.3 is 0 Å². The molecule has 0 unspecified atom stereocenters. The highest BCUT2D eigenvalue weighted by Gasteiger charge is 2.14. The maximum Gasteiger partial charge on any atom is 0.280 e. The van der Waals surface area contributed by atoms with Gasteiger partial charge in [-0.25, -0.2) is 13.8 Å². The van der Waals surface area contributed by atoms with Crippen molar-refractivity contribution in [3.63, 3.8) is 0 Å². The van der Waals surface area contributed by atoms with Crippen molar-refractivity contribution in [1.82, 2.24) is 4.98 Å². The maximum absolute atomic E-state index is 12.1. The van der Waals surface area contributed by atoms with E-state index in [0.29, 0.717) is 6.29 Å². The zero-order valence-corrected chi connectivity index (χ0v) is 7.61. The predicted octanol–water partition coefficient (Wildman–Crippen LogP) is 3.14. The van der Waals surface area contributed by atoms with Crippen molar-refractivity contribution in [2.24, 2.45) is 0 Å². The number of pyridine rings is 1. The molecule has 6 heteroatoms. The number of hydrogen-bond acceptors (Lipinski definition) is 2. The fourth-order valence-corrected chi connectivity index (χ4v) is 1.27. The third-order valence-corrected chi connectivity index (χ3v) is 1.92. The molecule has 0 atom stereocenters. The second-order valence-corrected chi connectivity index (χ2v) is 2.92. The van der Waals surface area contributed by atoms with Crippen LogP contribution in [0.3, 0.4) is 0 Å². The molecule has 0 radical (unpaired) electrons. The van der Waals surface area contributed by atoms with Crippen LogP contribution in [0.2, 0.25) is 10.2 Å². The van der Waals surface area contributed by atoms with E-state index in [2.05, 4.69) is 4.98 Å². The van der Waals surface area contributed by atoms with Gasteiger partial charge in [-0.15, -0.1) is 0 Å². The van der Waals surface area contributed by atoms with Crippen LogP contribution in [0.25, 0.3) is 0 Å². The van der Waals surface area contributed by atoms with Crippen molar-refractivity contribution in [1.29, 1.82) is 0 Å². The largest absolute Gasteiger partial charge is 0.298 e. The van der Waals surface area contributed by atoms with Crippen molar-refractivity contribution < 1.29 is 13.6 Å². The van der Waals surface area contributed by atoms with Gasteiger partial charge in [0.05, 0.1) is 10.6 Å². The lowest BCUT2D eigenvalue weighted by Gasteiger charge is -2.02. The van der Waals surface area contributed by atoms with Crippen LogP contribution >= 0.6 is 23.2 Å². The van der Waals surface area contributed by atoms with Crippen LogP contribution in [0.1, 0.15) is 22.5 Å². The fourth-order valence-electron chi connectivity index (χ4n) is 0.729. The van der Waals surface area contributed by atoms with E-state index in [1.807, 2.05) is 0 Å². The molecule has 0 saturated carbocycles. The van der Waals surface area contributed by atoms with E-state index in [0.717, 1.165) is 6.07 Å². The Hall–Kier alpha value is -0.740. The second kappa shape index (κ2) is 3.98. The molecule has 1 heterocycles. The molecule has 13 heavy (non-hydrogen) atoms. The lowest BCUT2D eigenvalue weighted by molar-refractivity contribution is 0.112. The first-order valence-electron chi connectivity index (χ1n) is 3.15. The number of alkyl halides is 2. The molecular formula is C7H3Cl2F2NO. The molecule has 1 rings (SSSR count). The van der Waals surface area contributed by atoms with Crippen molar-refractivity contribution >= 4 is 29.5 Å². The molecule has 1 aromatic rings. The lowest BCUT2D eigenvalue weighted by Crippen LogP contribution is -1.95. The van der Waals surface area contributed by atoms with E-state index >= 15 is 0 Å². The predicted molar refractivity (Wildman–Crippen MR) is 44.6 cm³/mol. The van der Waals surface area contributed by atoms with E-state index in [1.165, 1.54) is 0 Å². The highest BCUT2D eigenvalue weighted by molar-refractivity contribution is 6.37. The standard InChI is InChI=1S/C7H3Cl2F2NO/c8-4-1-5(7(10)11)12-6(9)3(4)2-13/h1-2,7H. The summed E-state index contributed by atoms with van der Waals surface area (Å²) in [6.45, 7) is 0. The normalized spacial score (nSPS) is 10.5. The van der Waals surface area contributed by atoms with Crippen LogP contribution in [0.4, 0.5) is 8.78 Å². The highest BCUT2D eigenvalue weighted by atomic mass is 35.5. The Kier molecular flexibility index (Phi) is 3.17. The quantitative estimate of drug-likeness (QED) is 0.572. The molecular weight excluding hydrogens is 223 g/mol. The van der Waals surface area contributed by atoms with E-state index in [4.69, 9.17) is 23.2 Å². The zero-order valence-electron chi connectivity index (χ0n) is 6.10. The van der Waals surface area contributed by atoms with E-state index < -0.39 is 12.1 Å². The van der Waals surface area contributed by atoms with Gasteiger partial charge in [0.25, 0.3) is 6.43 Å².